The maximum absolute atomic E-state index is 12.9. The van der Waals surface area contributed by atoms with Gasteiger partial charge in [-0.15, -0.1) is 11.3 Å². The molecule has 0 aliphatic heterocycles. The predicted molar refractivity (Wildman–Crippen MR) is 91.4 cm³/mol. The van der Waals surface area contributed by atoms with Crippen LogP contribution in [0.5, 0.6) is 0 Å². The normalized spacial score (nSPS) is 28.4. The first-order valence-electron chi connectivity index (χ1n) is 8.79. The van der Waals surface area contributed by atoms with Gasteiger partial charge in [-0.05, 0) is 57.0 Å². The van der Waals surface area contributed by atoms with Crippen LogP contribution in [0.4, 0.5) is 0 Å². The van der Waals surface area contributed by atoms with Gasteiger partial charge >= 0.3 is 5.97 Å². The molecule has 5 heteroatoms. The molecule has 0 unspecified atom stereocenters. The molecular weight excluding hydrogens is 310 g/mol. The lowest BCUT2D eigenvalue weighted by Gasteiger charge is -2.34. The van der Waals surface area contributed by atoms with E-state index in [1.54, 1.807) is 0 Å². The largest absolute Gasteiger partial charge is 0.460 e. The van der Waals surface area contributed by atoms with E-state index in [1.807, 2.05) is 24.6 Å². The van der Waals surface area contributed by atoms with E-state index in [1.165, 1.54) is 11.3 Å². The molecule has 2 aliphatic rings. The highest BCUT2D eigenvalue weighted by Crippen LogP contribution is 2.43. The Bertz CT molecular complexity index is 504. The first kappa shape index (κ1) is 16.9. The lowest BCUT2D eigenvalue weighted by atomic mass is 9.84. The van der Waals surface area contributed by atoms with Crippen LogP contribution >= 0.6 is 11.3 Å². The zero-order chi connectivity index (χ0) is 16.3. The van der Waals surface area contributed by atoms with Gasteiger partial charge in [-0.25, -0.2) is 4.79 Å². The maximum atomic E-state index is 12.9. The number of rotatable bonds is 5. The highest BCUT2D eigenvalue weighted by atomic mass is 32.1. The molecule has 0 amide bonds. The number of hydrogen-bond donors (Lipinski definition) is 2. The molecule has 0 saturated heterocycles. The highest BCUT2D eigenvalue weighted by Gasteiger charge is 2.49. The topological polar surface area (TPSA) is 58.6 Å². The molecule has 2 saturated carbocycles. The molecule has 0 aromatic carbocycles. The molecule has 2 aliphatic carbocycles. The smallest absolute Gasteiger partial charge is 0.344 e. The molecule has 1 atom stereocenters. The fourth-order valence-corrected chi connectivity index (χ4v) is 4.91. The van der Waals surface area contributed by atoms with Gasteiger partial charge in [-0.3, -0.25) is 0 Å². The minimum Gasteiger partial charge on any atom is -0.460 e. The lowest BCUT2D eigenvalue weighted by molar-refractivity contribution is -0.180. The predicted octanol–water partition coefficient (Wildman–Crippen LogP) is 3.20. The third-order valence-corrected chi connectivity index (χ3v) is 6.50. The summed E-state index contributed by atoms with van der Waals surface area (Å²) in [6.07, 6.45) is 7.71. The van der Waals surface area contributed by atoms with Crippen LogP contribution < -0.4 is 5.32 Å². The van der Waals surface area contributed by atoms with Crippen molar-refractivity contribution in [1.82, 2.24) is 5.32 Å². The van der Waals surface area contributed by atoms with Crippen LogP contribution in [0.3, 0.4) is 0 Å². The van der Waals surface area contributed by atoms with Gasteiger partial charge in [0.05, 0.1) is 0 Å². The second kappa shape index (κ2) is 7.32. The average molecular weight is 337 g/mol. The summed E-state index contributed by atoms with van der Waals surface area (Å²) in [6.45, 7) is 0. The summed E-state index contributed by atoms with van der Waals surface area (Å²) in [5, 5.41) is 16.5. The van der Waals surface area contributed by atoms with Gasteiger partial charge in [0.2, 0.25) is 0 Å². The van der Waals surface area contributed by atoms with E-state index in [9.17, 15) is 9.90 Å². The minimum absolute atomic E-state index is 0.0118. The zero-order valence-corrected chi connectivity index (χ0v) is 14.6. The number of nitrogens with one attached hydrogen (secondary N) is 1. The van der Waals surface area contributed by atoms with E-state index in [4.69, 9.17) is 4.74 Å². The Morgan fingerprint density at radius 1 is 1.26 bits per heavy atom. The maximum Gasteiger partial charge on any atom is 0.344 e. The Morgan fingerprint density at radius 2 is 1.96 bits per heavy atom. The van der Waals surface area contributed by atoms with Gasteiger partial charge in [0, 0.05) is 16.8 Å². The van der Waals surface area contributed by atoms with E-state index in [0.717, 1.165) is 56.2 Å². The van der Waals surface area contributed by atoms with Crippen LogP contribution in [0.25, 0.3) is 0 Å². The van der Waals surface area contributed by atoms with E-state index >= 15 is 0 Å². The van der Waals surface area contributed by atoms with Crippen LogP contribution in [-0.2, 0) is 15.1 Å². The molecule has 128 valence electrons. The van der Waals surface area contributed by atoms with Crippen LogP contribution in [0.1, 0.15) is 56.2 Å². The van der Waals surface area contributed by atoms with Crippen molar-refractivity contribution >= 4 is 17.3 Å². The number of hydrogen-bond acceptors (Lipinski definition) is 5. The Balaban J connectivity index is 1.71. The fraction of sp³-hybridized carbons (Fsp3) is 0.722. The van der Waals surface area contributed by atoms with Gasteiger partial charge in [-0.1, -0.05) is 18.9 Å². The van der Waals surface area contributed by atoms with E-state index in [0.29, 0.717) is 6.04 Å². The molecule has 1 aromatic heterocycles. The van der Waals surface area contributed by atoms with Gasteiger partial charge in [0.1, 0.15) is 6.10 Å². The van der Waals surface area contributed by atoms with Gasteiger partial charge in [0.25, 0.3) is 0 Å². The number of thiophene rings is 1. The molecule has 3 rings (SSSR count). The van der Waals surface area contributed by atoms with Crippen molar-refractivity contribution < 1.29 is 14.6 Å². The fourth-order valence-electron chi connectivity index (χ4n) is 4.02. The molecule has 0 spiro atoms. The number of esters is 1. The lowest BCUT2D eigenvalue weighted by Crippen LogP contribution is -2.45. The molecular formula is C18H27NO3S. The van der Waals surface area contributed by atoms with Gasteiger partial charge in [0.15, 0.2) is 5.60 Å². The van der Waals surface area contributed by atoms with Crippen molar-refractivity contribution in [2.75, 3.05) is 7.05 Å². The Morgan fingerprint density at radius 3 is 2.52 bits per heavy atom. The van der Waals surface area contributed by atoms with Crippen LogP contribution in [0, 0.1) is 5.92 Å². The van der Waals surface area contributed by atoms with Crippen molar-refractivity contribution in [3.05, 3.63) is 22.4 Å². The van der Waals surface area contributed by atoms with Crippen molar-refractivity contribution in [2.24, 2.45) is 5.92 Å². The molecule has 23 heavy (non-hydrogen) atoms. The van der Waals surface area contributed by atoms with E-state index in [-0.39, 0.29) is 12.0 Å². The third kappa shape index (κ3) is 3.47. The molecule has 1 aromatic rings. The van der Waals surface area contributed by atoms with Crippen molar-refractivity contribution in [1.29, 1.82) is 0 Å². The van der Waals surface area contributed by atoms with Crippen LogP contribution in [0.15, 0.2) is 17.5 Å². The Labute approximate surface area is 142 Å². The summed E-state index contributed by atoms with van der Waals surface area (Å²) in [4.78, 5) is 13.6. The third-order valence-electron chi connectivity index (χ3n) is 5.51. The van der Waals surface area contributed by atoms with Crippen molar-refractivity contribution in [2.45, 2.75) is 69.1 Å². The molecule has 2 fully saturated rings. The summed E-state index contributed by atoms with van der Waals surface area (Å²) < 4.78 is 5.78. The minimum atomic E-state index is -1.45. The average Bonchev–Trinajstić information content (AvgIpc) is 3.28. The molecule has 2 N–H and O–H groups in total. The van der Waals surface area contributed by atoms with Crippen LogP contribution in [-0.4, -0.2) is 30.3 Å². The summed E-state index contributed by atoms with van der Waals surface area (Å²) in [7, 11) is 1.98. The quantitative estimate of drug-likeness (QED) is 0.810. The standard InChI is InChI=1S/C18H27NO3S/c1-19-14-8-10-15(11-9-14)22-17(20)18(21,13-5-2-3-6-13)16-7-4-12-23-16/h4,7,12-15,19,21H,2-3,5-6,8-11H2,1H3/t14?,15?,18-/m1/s1. The van der Waals surface area contributed by atoms with Gasteiger partial charge in [-0.2, -0.15) is 0 Å². The second-order valence-corrected chi connectivity index (χ2v) is 7.84. The summed E-state index contributed by atoms with van der Waals surface area (Å²) in [5.41, 5.74) is -1.45. The molecule has 0 bridgehead atoms. The zero-order valence-electron chi connectivity index (χ0n) is 13.8. The Hall–Kier alpha value is -0.910. The number of carbonyl (C=O) groups is 1. The second-order valence-electron chi connectivity index (χ2n) is 6.89. The van der Waals surface area contributed by atoms with Crippen molar-refractivity contribution in [3.63, 3.8) is 0 Å². The SMILES string of the molecule is CNC1CCC(OC(=O)[C@](O)(c2cccs2)C2CCCC2)CC1. The highest BCUT2D eigenvalue weighted by molar-refractivity contribution is 7.10. The monoisotopic (exact) mass is 337 g/mol. The number of carbonyl (C=O) groups excluding carboxylic acids is 1. The first-order chi connectivity index (χ1) is 11.1. The summed E-state index contributed by atoms with van der Waals surface area (Å²) >= 11 is 1.45. The van der Waals surface area contributed by atoms with Gasteiger partial charge < -0.3 is 15.2 Å². The summed E-state index contributed by atoms with van der Waals surface area (Å²) in [5.74, 6) is -0.443. The Kier molecular flexibility index (Phi) is 5.39. The van der Waals surface area contributed by atoms with E-state index < -0.39 is 11.6 Å². The number of ether oxygens (including phenoxy) is 1. The molecule has 4 nitrogen and oxygen atoms in total. The number of aliphatic hydroxyl groups is 1. The first-order valence-corrected chi connectivity index (χ1v) is 9.67. The molecule has 1 heterocycles. The van der Waals surface area contributed by atoms with Crippen LogP contribution in [0.2, 0.25) is 0 Å². The van der Waals surface area contributed by atoms with Crippen molar-refractivity contribution in [3.8, 4) is 0 Å². The van der Waals surface area contributed by atoms with E-state index in [2.05, 4.69) is 5.32 Å². The summed E-state index contributed by atoms with van der Waals surface area (Å²) in [6, 6.07) is 4.28. The molecule has 0 radical (unpaired) electrons.